The summed E-state index contributed by atoms with van der Waals surface area (Å²) in [6.07, 6.45) is 3.27. The fourth-order valence-electron chi connectivity index (χ4n) is 3.07. The lowest BCUT2D eigenvalue weighted by molar-refractivity contribution is 0.541. The summed E-state index contributed by atoms with van der Waals surface area (Å²) in [7, 11) is 0. The van der Waals surface area contributed by atoms with E-state index in [0.29, 0.717) is 5.39 Å². The van der Waals surface area contributed by atoms with E-state index in [-0.39, 0.29) is 5.56 Å². The smallest absolute Gasteiger partial charge is 0.262 e. The maximum absolute atomic E-state index is 13.0. The zero-order valence-corrected chi connectivity index (χ0v) is 16.6. The molecule has 0 spiro atoms. The number of hydrogen-bond donors (Lipinski definition) is 0. The normalized spacial score (nSPS) is 11.2. The molecular weight excluding hydrogens is 340 g/mol. The SMILES string of the molecule is CCCCCn1c(SCc2cc(C)ccc2C)nc2ccccc2c1=O. The highest BCUT2D eigenvalue weighted by molar-refractivity contribution is 7.98. The lowest BCUT2D eigenvalue weighted by Gasteiger charge is -2.14. The quantitative estimate of drug-likeness (QED) is 0.315. The van der Waals surface area contributed by atoms with Crippen molar-refractivity contribution in [1.82, 2.24) is 9.55 Å². The minimum Gasteiger partial charge on any atom is -0.287 e. The van der Waals surface area contributed by atoms with E-state index in [4.69, 9.17) is 4.98 Å². The number of aromatic nitrogens is 2. The van der Waals surface area contributed by atoms with E-state index < -0.39 is 0 Å². The highest BCUT2D eigenvalue weighted by Crippen LogP contribution is 2.24. The van der Waals surface area contributed by atoms with Crippen LogP contribution in [0.2, 0.25) is 0 Å². The number of benzene rings is 2. The number of nitrogens with zero attached hydrogens (tertiary/aromatic N) is 2. The van der Waals surface area contributed by atoms with Crippen molar-refractivity contribution in [2.75, 3.05) is 0 Å². The minimum atomic E-state index is 0.0789. The zero-order chi connectivity index (χ0) is 18.5. The van der Waals surface area contributed by atoms with Crippen LogP contribution in [-0.2, 0) is 12.3 Å². The highest BCUT2D eigenvalue weighted by atomic mass is 32.2. The third-order valence-corrected chi connectivity index (χ3v) is 5.70. The molecule has 0 aliphatic heterocycles. The molecule has 0 N–H and O–H groups in total. The third-order valence-electron chi connectivity index (χ3n) is 4.67. The summed E-state index contributed by atoms with van der Waals surface area (Å²) < 4.78 is 1.87. The largest absolute Gasteiger partial charge is 0.287 e. The summed E-state index contributed by atoms with van der Waals surface area (Å²) in [5.41, 5.74) is 4.71. The molecule has 136 valence electrons. The Morgan fingerprint density at radius 3 is 2.69 bits per heavy atom. The van der Waals surface area contributed by atoms with Crippen molar-refractivity contribution >= 4 is 22.7 Å². The molecule has 3 nitrogen and oxygen atoms in total. The zero-order valence-electron chi connectivity index (χ0n) is 15.8. The van der Waals surface area contributed by atoms with Crippen LogP contribution in [-0.4, -0.2) is 9.55 Å². The maximum atomic E-state index is 13.0. The van der Waals surface area contributed by atoms with Crippen LogP contribution in [0, 0.1) is 13.8 Å². The first-order valence-electron chi connectivity index (χ1n) is 9.28. The van der Waals surface area contributed by atoms with E-state index in [2.05, 4.69) is 39.0 Å². The van der Waals surface area contributed by atoms with E-state index >= 15 is 0 Å². The van der Waals surface area contributed by atoms with Gasteiger partial charge in [0.15, 0.2) is 5.16 Å². The van der Waals surface area contributed by atoms with E-state index in [9.17, 15) is 4.79 Å². The number of para-hydroxylation sites is 1. The Balaban J connectivity index is 1.95. The first-order valence-corrected chi connectivity index (χ1v) is 10.3. The van der Waals surface area contributed by atoms with Gasteiger partial charge in [0.2, 0.25) is 0 Å². The van der Waals surface area contributed by atoms with E-state index in [1.807, 2.05) is 28.8 Å². The van der Waals surface area contributed by atoms with Crippen LogP contribution in [0.3, 0.4) is 0 Å². The van der Waals surface area contributed by atoms with Crippen LogP contribution < -0.4 is 5.56 Å². The summed E-state index contributed by atoms with van der Waals surface area (Å²) in [5.74, 6) is 0.825. The number of aryl methyl sites for hydroxylation is 2. The summed E-state index contributed by atoms with van der Waals surface area (Å²) >= 11 is 1.66. The standard InChI is InChI=1S/C22H26N2OS/c1-4-5-8-13-24-21(25)19-9-6-7-10-20(19)23-22(24)26-15-18-14-16(2)11-12-17(18)3/h6-7,9-12,14H,4-5,8,13,15H2,1-3H3. The first kappa shape index (κ1) is 18.7. The van der Waals surface area contributed by atoms with E-state index in [1.165, 1.54) is 16.7 Å². The third kappa shape index (κ3) is 4.18. The van der Waals surface area contributed by atoms with Crippen LogP contribution in [0.25, 0.3) is 10.9 Å². The predicted molar refractivity (Wildman–Crippen MR) is 111 cm³/mol. The topological polar surface area (TPSA) is 34.9 Å². The monoisotopic (exact) mass is 366 g/mol. The molecule has 0 aliphatic rings. The fourth-order valence-corrected chi connectivity index (χ4v) is 4.16. The van der Waals surface area contributed by atoms with Gasteiger partial charge in [0.25, 0.3) is 5.56 Å². The molecule has 2 aromatic carbocycles. The minimum absolute atomic E-state index is 0.0789. The number of hydrogen-bond acceptors (Lipinski definition) is 3. The Labute approximate surface area is 159 Å². The molecule has 1 aromatic heterocycles. The van der Waals surface area contributed by atoms with Gasteiger partial charge in [-0.3, -0.25) is 9.36 Å². The molecule has 0 unspecified atom stereocenters. The molecule has 3 rings (SSSR count). The molecule has 0 fully saturated rings. The van der Waals surface area contributed by atoms with Gasteiger partial charge in [0, 0.05) is 12.3 Å². The Hall–Kier alpha value is -2.07. The fraction of sp³-hybridized carbons (Fsp3) is 0.364. The van der Waals surface area contributed by atoms with Crippen LogP contribution in [0.15, 0.2) is 52.4 Å². The lowest BCUT2D eigenvalue weighted by Crippen LogP contribution is -2.23. The van der Waals surface area contributed by atoms with E-state index in [0.717, 1.165) is 42.2 Å². The Morgan fingerprint density at radius 1 is 1.08 bits per heavy atom. The van der Waals surface area contributed by atoms with Gasteiger partial charge in [-0.15, -0.1) is 0 Å². The number of rotatable bonds is 7. The van der Waals surface area contributed by atoms with E-state index in [1.54, 1.807) is 11.8 Å². The molecule has 0 bridgehead atoms. The van der Waals surface area contributed by atoms with Crippen LogP contribution >= 0.6 is 11.8 Å². The van der Waals surface area contributed by atoms with Crippen molar-refractivity contribution in [3.63, 3.8) is 0 Å². The molecule has 1 heterocycles. The van der Waals surface area contributed by atoms with Crippen molar-refractivity contribution in [2.24, 2.45) is 0 Å². The molecule has 0 atom stereocenters. The second-order valence-corrected chi connectivity index (χ2v) is 7.74. The van der Waals surface area contributed by atoms with Gasteiger partial charge >= 0.3 is 0 Å². The first-order chi connectivity index (χ1) is 12.6. The molecular formula is C22H26N2OS. The van der Waals surface area contributed by atoms with Gasteiger partial charge in [-0.1, -0.05) is 67.4 Å². The van der Waals surface area contributed by atoms with Gasteiger partial charge in [-0.05, 0) is 43.5 Å². The van der Waals surface area contributed by atoms with Gasteiger partial charge in [0.05, 0.1) is 10.9 Å². The average Bonchev–Trinajstić information content (AvgIpc) is 2.64. The second kappa shape index (κ2) is 8.54. The second-order valence-electron chi connectivity index (χ2n) is 6.79. The summed E-state index contributed by atoms with van der Waals surface area (Å²) in [6, 6.07) is 14.2. The van der Waals surface area contributed by atoms with Crippen molar-refractivity contribution in [3.05, 3.63) is 69.5 Å². The highest BCUT2D eigenvalue weighted by Gasteiger charge is 2.12. The number of fused-ring (bicyclic) bond motifs is 1. The van der Waals surface area contributed by atoms with Crippen LogP contribution in [0.4, 0.5) is 0 Å². The lowest BCUT2D eigenvalue weighted by atomic mass is 10.1. The maximum Gasteiger partial charge on any atom is 0.262 e. The molecule has 0 aliphatic carbocycles. The summed E-state index contributed by atoms with van der Waals surface area (Å²) in [4.78, 5) is 17.8. The molecule has 3 aromatic rings. The summed E-state index contributed by atoms with van der Waals surface area (Å²) in [6.45, 7) is 7.16. The Kier molecular flexibility index (Phi) is 6.15. The Bertz CT molecular complexity index is 962. The molecule has 26 heavy (non-hydrogen) atoms. The van der Waals surface area contributed by atoms with Crippen LogP contribution in [0.1, 0.15) is 42.9 Å². The van der Waals surface area contributed by atoms with Crippen molar-refractivity contribution in [2.45, 2.75) is 57.5 Å². The predicted octanol–water partition coefficient (Wildman–Crippen LogP) is 5.50. The van der Waals surface area contributed by atoms with Crippen molar-refractivity contribution in [3.8, 4) is 0 Å². The molecule has 0 saturated carbocycles. The van der Waals surface area contributed by atoms with Gasteiger partial charge < -0.3 is 0 Å². The van der Waals surface area contributed by atoms with Gasteiger partial charge in [0.1, 0.15) is 0 Å². The average molecular weight is 367 g/mol. The summed E-state index contributed by atoms with van der Waals surface area (Å²) in [5, 5.41) is 1.53. The number of unbranched alkanes of at least 4 members (excludes halogenated alkanes) is 2. The Morgan fingerprint density at radius 2 is 1.88 bits per heavy atom. The van der Waals surface area contributed by atoms with Crippen LogP contribution in [0.5, 0.6) is 0 Å². The molecule has 4 heteroatoms. The number of thioether (sulfide) groups is 1. The van der Waals surface area contributed by atoms with Crippen molar-refractivity contribution in [1.29, 1.82) is 0 Å². The van der Waals surface area contributed by atoms with Crippen molar-refractivity contribution < 1.29 is 0 Å². The molecule has 0 radical (unpaired) electrons. The molecule has 0 saturated heterocycles. The van der Waals surface area contributed by atoms with Gasteiger partial charge in [-0.25, -0.2) is 4.98 Å². The molecule has 0 amide bonds. The van der Waals surface area contributed by atoms with Gasteiger partial charge in [-0.2, -0.15) is 0 Å².